The van der Waals surface area contributed by atoms with E-state index in [1.807, 2.05) is 25.1 Å². The molecule has 0 bridgehead atoms. The minimum atomic E-state index is -0.247. The lowest BCUT2D eigenvalue weighted by atomic mass is 10.1. The number of aromatic nitrogens is 7. The third-order valence-corrected chi connectivity index (χ3v) is 5.29. The number of aryl methyl sites for hydroxylation is 1. The van der Waals surface area contributed by atoms with Crippen LogP contribution in [0.2, 0.25) is 0 Å². The van der Waals surface area contributed by atoms with Crippen molar-refractivity contribution in [2.24, 2.45) is 11.7 Å². The van der Waals surface area contributed by atoms with Gasteiger partial charge in [0.25, 0.3) is 0 Å². The monoisotopic (exact) mass is 389 g/mol. The molecule has 1 saturated carbocycles. The molecule has 10 heteroatoms. The molecule has 1 fully saturated rings. The molecule has 3 heterocycles. The van der Waals surface area contributed by atoms with E-state index in [0.29, 0.717) is 23.5 Å². The summed E-state index contributed by atoms with van der Waals surface area (Å²) in [6, 6.07) is 5.92. The molecule has 3 aromatic heterocycles. The molecule has 146 valence electrons. The second-order valence-electron chi connectivity index (χ2n) is 7.32. The van der Waals surface area contributed by atoms with Gasteiger partial charge in [0.2, 0.25) is 11.9 Å². The summed E-state index contributed by atoms with van der Waals surface area (Å²) in [7, 11) is 0. The number of nitrogens with zero attached hydrogens (tertiary/aromatic N) is 7. The van der Waals surface area contributed by atoms with E-state index in [2.05, 4.69) is 35.6 Å². The Balaban J connectivity index is 1.47. The van der Waals surface area contributed by atoms with Crippen molar-refractivity contribution in [1.29, 1.82) is 0 Å². The first kappa shape index (κ1) is 17.4. The van der Waals surface area contributed by atoms with Crippen LogP contribution in [0, 0.1) is 12.8 Å². The molecule has 10 nitrogen and oxygen atoms in total. The number of fused-ring (bicyclic) bond motifs is 2. The van der Waals surface area contributed by atoms with Gasteiger partial charge in [-0.2, -0.15) is 9.67 Å². The molecule has 0 spiro atoms. The highest BCUT2D eigenvalue weighted by Gasteiger charge is 2.28. The highest BCUT2D eigenvalue weighted by Crippen LogP contribution is 2.27. The van der Waals surface area contributed by atoms with Crippen LogP contribution < -0.4 is 11.1 Å². The van der Waals surface area contributed by atoms with Crippen molar-refractivity contribution in [3.8, 4) is 5.69 Å². The van der Waals surface area contributed by atoms with Crippen molar-refractivity contribution in [2.45, 2.75) is 32.2 Å². The first-order valence-electron chi connectivity index (χ1n) is 9.45. The Kier molecular flexibility index (Phi) is 4.04. The second kappa shape index (κ2) is 6.73. The molecule has 1 aromatic carbocycles. The zero-order valence-electron chi connectivity index (χ0n) is 15.8. The van der Waals surface area contributed by atoms with Crippen LogP contribution in [0.5, 0.6) is 0 Å². The lowest BCUT2D eigenvalue weighted by Gasteiger charge is -2.12. The fraction of sp³-hybridized carbons (Fsp3) is 0.316. The highest BCUT2D eigenvalue weighted by atomic mass is 16.1. The van der Waals surface area contributed by atoms with Crippen molar-refractivity contribution in [1.82, 2.24) is 34.9 Å². The smallest absolute Gasteiger partial charge is 0.225 e. The molecular formula is C19H19N9O. The van der Waals surface area contributed by atoms with Gasteiger partial charge in [-0.1, -0.05) is 5.21 Å². The average Bonchev–Trinajstić information content (AvgIpc) is 3.34. The van der Waals surface area contributed by atoms with Crippen LogP contribution in [0.1, 0.15) is 25.1 Å². The van der Waals surface area contributed by atoms with Crippen molar-refractivity contribution < 1.29 is 4.79 Å². The molecule has 0 aliphatic heterocycles. The lowest BCUT2D eigenvalue weighted by molar-refractivity contribution is -0.121. The topological polar surface area (TPSA) is 137 Å². The van der Waals surface area contributed by atoms with E-state index < -0.39 is 0 Å². The predicted molar refractivity (Wildman–Crippen MR) is 106 cm³/mol. The summed E-state index contributed by atoms with van der Waals surface area (Å²) in [6.07, 6.45) is 5.77. The normalized spacial score (nSPS) is 19.1. The Morgan fingerprint density at radius 1 is 1.17 bits per heavy atom. The van der Waals surface area contributed by atoms with E-state index >= 15 is 0 Å². The Labute approximate surface area is 165 Å². The van der Waals surface area contributed by atoms with E-state index in [0.717, 1.165) is 35.3 Å². The molecule has 1 aliphatic rings. The van der Waals surface area contributed by atoms with Gasteiger partial charge in [0.15, 0.2) is 11.2 Å². The SMILES string of the molecule is Cc1ncc2cc(-n3nnc4cnc(N[C@@H]5CC[C@@H](C(N)=O)C5)nc43)ccc2n1. The number of hydrogen-bond acceptors (Lipinski definition) is 8. The molecule has 2 atom stereocenters. The molecule has 29 heavy (non-hydrogen) atoms. The fourth-order valence-corrected chi connectivity index (χ4v) is 3.77. The van der Waals surface area contributed by atoms with Gasteiger partial charge in [-0.15, -0.1) is 5.10 Å². The second-order valence-corrected chi connectivity index (χ2v) is 7.32. The van der Waals surface area contributed by atoms with E-state index in [-0.39, 0.29) is 17.9 Å². The summed E-state index contributed by atoms with van der Waals surface area (Å²) >= 11 is 0. The average molecular weight is 389 g/mol. The van der Waals surface area contributed by atoms with Crippen LogP contribution in [-0.2, 0) is 4.79 Å². The lowest BCUT2D eigenvalue weighted by Crippen LogP contribution is -2.23. The number of amides is 1. The van der Waals surface area contributed by atoms with E-state index in [1.165, 1.54) is 0 Å². The van der Waals surface area contributed by atoms with E-state index in [4.69, 9.17) is 5.73 Å². The Morgan fingerprint density at radius 2 is 2.07 bits per heavy atom. The first-order valence-corrected chi connectivity index (χ1v) is 9.45. The number of nitrogens with two attached hydrogens (primary N) is 1. The first-order chi connectivity index (χ1) is 14.1. The molecule has 0 unspecified atom stereocenters. The van der Waals surface area contributed by atoms with Gasteiger partial charge in [0.05, 0.1) is 17.4 Å². The Hall–Kier alpha value is -3.69. The maximum absolute atomic E-state index is 11.4. The van der Waals surface area contributed by atoms with Gasteiger partial charge in [0.1, 0.15) is 5.82 Å². The molecule has 3 N–H and O–H groups in total. The summed E-state index contributed by atoms with van der Waals surface area (Å²) < 4.78 is 1.67. The molecule has 1 aliphatic carbocycles. The van der Waals surface area contributed by atoms with Crippen LogP contribution in [0.4, 0.5) is 5.95 Å². The minimum Gasteiger partial charge on any atom is -0.369 e. The number of carbonyl (C=O) groups is 1. The van der Waals surface area contributed by atoms with Crippen molar-refractivity contribution in [3.63, 3.8) is 0 Å². The summed E-state index contributed by atoms with van der Waals surface area (Å²) in [5.41, 5.74) is 8.29. The molecule has 1 amide bonds. The van der Waals surface area contributed by atoms with Gasteiger partial charge in [0, 0.05) is 23.5 Å². The number of hydrogen-bond donors (Lipinski definition) is 2. The number of nitrogens with one attached hydrogen (secondary N) is 1. The quantitative estimate of drug-likeness (QED) is 0.536. The molecule has 4 aromatic rings. The third-order valence-electron chi connectivity index (χ3n) is 5.29. The van der Waals surface area contributed by atoms with E-state index in [9.17, 15) is 4.79 Å². The van der Waals surface area contributed by atoms with Crippen LogP contribution in [0.25, 0.3) is 27.8 Å². The Morgan fingerprint density at radius 3 is 2.90 bits per heavy atom. The number of rotatable bonds is 4. The zero-order valence-corrected chi connectivity index (χ0v) is 15.8. The summed E-state index contributed by atoms with van der Waals surface area (Å²) in [5.74, 6) is 0.872. The van der Waals surface area contributed by atoms with Gasteiger partial charge in [-0.3, -0.25) is 4.79 Å². The van der Waals surface area contributed by atoms with Crippen molar-refractivity contribution in [3.05, 3.63) is 36.4 Å². The summed E-state index contributed by atoms with van der Waals surface area (Å²) in [6.45, 7) is 1.86. The minimum absolute atomic E-state index is 0.0909. The Bertz CT molecular complexity index is 1240. The molecule has 0 saturated heterocycles. The van der Waals surface area contributed by atoms with Crippen LogP contribution in [0.15, 0.2) is 30.6 Å². The van der Waals surface area contributed by atoms with Crippen LogP contribution in [-0.4, -0.2) is 46.9 Å². The van der Waals surface area contributed by atoms with Crippen molar-refractivity contribution in [2.75, 3.05) is 5.32 Å². The van der Waals surface area contributed by atoms with Gasteiger partial charge >= 0.3 is 0 Å². The van der Waals surface area contributed by atoms with Crippen LogP contribution >= 0.6 is 0 Å². The van der Waals surface area contributed by atoms with E-state index in [1.54, 1.807) is 17.1 Å². The maximum Gasteiger partial charge on any atom is 0.225 e. The van der Waals surface area contributed by atoms with Gasteiger partial charge in [-0.25, -0.2) is 15.0 Å². The number of carbonyl (C=O) groups excluding carboxylic acids is 1. The standard InChI is InChI=1S/C19H19N9O/c1-10-21-8-12-7-14(4-5-15(12)23-10)28-18-16(26-27-28)9-22-19(25-18)24-13-3-2-11(6-13)17(20)29/h4-5,7-9,11,13H,2-3,6H2,1H3,(H2,20,29)(H,22,24,25)/t11-,13-/m1/s1. The molecular weight excluding hydrogens is 370 g/mol. The largest absolute Gasteiger partial charge is 0.369 e. The van der Waals surface area contributed by atoms with Crippen LogP contribution in [0.3, 0.4) is 0 Å². The number of benzene rings is 1. The summed E-state index contributed by atoms with van der Waals surface area (Å²) in [5, 5.41) is 12.6. The maximum atomic E-state index is 11.4. The predicted octanol–water partition coefficient (Wildman–Crippen LogP) is 1.53. The third kappa shape index (κ3) is 3.22. The number of anilines is 1. The van der Waals surface area contributed by atoms with Crippen molar-refractivity contribution >= 4 is 33.9 Å². The fourth-order valence-electron chi connectivity index (χ4n) is 3.77. The highest BCUT2D eigenvalue weighted by molar-refractivity contribution is 5.81. The van der Waals surface area contributed by atoms with Gasteiger partial charge in [-0.05, 0) is 44.4 Å². The molecule has 0 radical (unpaired) electrons. The zero-order chi connectivity index (χ0) is 20.0. The van der Waals surface area contributed by atoms with Gasteiger partial charge < -0.3 is 11.1 Å². The summed E-state index contributed by atoms with van der Waals surface area (Å²) in [4.78, 5) is 29.0. The molecule has 5 rings (SSSR count). The number of primary amides is 1.